The highest BCUT2D eigenvalue weighted by molar-refractivity contribution is 7.80. The predicted molar refractivity (Wildman–Crippen MR) is 100 cm³/mol. The number of nitrogens with zero attached hydrogens (tertiary/aromatic N) is 1. The molecule has 1 saturated heterocycles. The fourth-order valence-corrected chi connectivity index (χ4v) is 2.76. The molecule has 0 atom stereocenters. The molecule has 1 aliphatic heterocycles. The first kappa shape index (κ1) is 17.8. The summed E-state index contributed by atoms with van der Waals surface area (Å²) in [4.78, 5) is 26.3. The van der Waals surface area contributed by atoms with Crippen molar-refractivity contribution >= 4 is 40.9 Å². The Balaban J connectivity index is 1.93. The first-order chi connectivity index (χ1) is 12.5. The number of ether oxygens (including phenoxy) is 1. The molecule has 0 radical (unpaired) electrons. The van der Waals surface area contributed by atoms with Gasteiger partial charge in [-0.25, -0.2) is 4.39 Å². The van der Waals surface area contributed by atoms with E-state index in [0.29, 0.717) is 23.6 Å². The molecule has 0 spiro atoms. The molecule has 0 aliphatic carbocycles. The summed E-state index contributed by atoms with van der Waals surface area (Å²) in [7, 11) is 0. The van der Waals surface area contributed by atoms with E-state index < -0.39 is 17.6 Å². The lowest BCUT2D eigenvalue weighted by molar-refractivity contribution is -0.122. The predicted octanol–water partition coefficient (Wildman–Crippen LogP) is 3.06. The Morgan fingerprint density at radius 1 is 1.12 bits per heavy atom. The number of carbonyl (C=O) groups is 2. The van der Waals surface area contributed by atoms with Crippen LogP contribution in [-0.2, 0) is 9.59 Å². The summed E-state index contributed by atoms with van der Waals surface area (Å²) in [6.07, 6.45) is 1.40. The molecule has 26 heavy (non-hydrogen) atoms. The zero-order valence-corrected chi connectivity index (χ0v) is 14.7. The van der Waals surface area contributed by atoms with Crippen LogP contribution in [0, 0.1) is 5.82 Å². The van der Waals surface area contributed by atoms with E-state index >= 15 is 0 Å². The van der Waals surface area contributed by atoms with Gasteiger partial charge in [-0.1, -0.05) is 12.1 Å². The van der Waals surface area contributed by atoms with Gasteiger partial charge in [0.25, 0.3) is 11.8 Å². The minimum absolute atomic E-state index is 0.000385. The highest BCUT2D eigenvalue weighted by atomic mass is 32.1. The fourth-order valence-electron chi connectivity index (χ4n) is 2.48. The van der Waals surface area contributed by atoms with E-state index in [-0.39, 0.29) is 10.7 Å². The van der Waals surface area contributed by atoms with Crippen LogP contribution >= 0.6 is 12.2 Å². The van der Waals surface area contributed by atoms with Gasteiger partial charge in [0, 0.05) is 0 Å². The third-order valence-electron chi connectivity index (χ3n) is 3.69. The van der Waals surface area contributed by atoms with Gasteiger partial charge >= 0.3 is 0 Å². The zero-order valence-electron chi connectivity index (χ0n) is 13.9. The fraction of sp³-hybridized carbons (Fsp3) is 0.105. The molecule has 0 unspecified atom stereocenters. The summed E-state index contributed by atoms with van der Waals surface area (Å²) in [5.74, 6) is -0.875. The van der Waals surface area contributed by atoms with Gasteiger partial charge in [0.05, 0.1) is 12.3 Å². The van der Waals surface area contributed by atoms with Gasteiger partial charge in [-0.3, -0.25) is 19.8 Å². The highest BCUT2D eigenvalue weighted by Crippen LogP contribution is 2.24. The van der Waals surface area contributed by atoms with E-state index in [1.165, 1.54) is 35.2 Å². The van der Waals surface area contributed by atoms with Crippen LogP contribution in [0.1, 0.15) is 12.5 Å². The van der Waals surface area contributed by atoms with Gasteiger partial charge in [-0.2, -0.15) is 0 Å². The smallest absolute Gasteiger partial charge is 0.270 e. The second-order valence-electron chi connectivity index (χ2n) is 5.44. The van der Waals surface area contributed by atoms with Crippen LogP contribution in [0.2, 0.25) is 0 Å². The third-order valence-corrected chi connectivity index (χ3v) is 3.97. The van der Waals surface area contributed by atoms with Crippen molar-refractivity contribution in [2.24, 2.45) is 0 Å². The molecule has 2 aromatic rings. The van der Waals surface area contributed by atoms with Crippen LogP contribution < -0.4 is 15.0 Å². The molecule has 1 aliphatic rings. The average molecular weight is 370 g/mol. The first-order valence-corrected chi connectivity index (χ1v) is 8.30. The quantitative estimate of drug-likeness (QED) is 0.511. The number of benzene rings is 2. The SMILES string of the molecule is CCOc1ccc(N2C(=O)C(=Cc3ccc(F)cc3)C(=O)NC2=S)cc1. The topological polar surface area (TPSA) is 58.6 Å². The van der Waals surface area contributed by atoms with E-state index in [1.54, 1.807) is 24.3 Å². The highest BCUT2D eigenvalue weighted by Gasteiger charge is 2.34. The largest absolute Gasteiger partial charge is 0.494 e. The molecule has 5 nitrogen and oxygen atoms in total. The van der Waals surface area contributed by atoms with Crippen molar-refractivity contribution in [2.75, 3.05) is 11.5 Å². The summed E-state index contributed by atoms with van der Waals surface area (Å²) in [5.41, 5.74) is 0.955. The van der Waals surface area contributed by atoms with Gasteiger partial charge in [-0.15, -0.1) is 0 Å². The maximum Gasteiger partial charge on any atom is 0.270 e. The summed E-state index contributed by atoms with van der Waals surface area (Å²) < 4.78 is 18.4. The molecule has 3 rings (SSSR count). The number of hydrogen-bond donors (Lipinski definition) is 1. The van der Waals surface area contributed by atoms with Gasteiger partial charge in [0.2, 0.25) is 0 Å². The Morgan fingerprint density at radius 2 is 1.77 bits per heavy atom. The molecule has 2 amide bonds. The second kappa shape index (κ2) is 7.45. The standard InChI is InChI=1S/C19H15FN2O3S/c1-2-25-15-9-7-14(8-10-15)22-18(24)16(17(23)21-19(22)26)11-12-3-5-13(20)6-4-12/h3-11H,2H2,1H3,(H,21,23,26). The van der Waals surface area contributed by atoms with Crippen molar-refractivity contribution < 1.29 is 18.7 Å². The van der Waals surface area contributed by atoms with Crippen molar-refractivity contribution in [2.45, 2.75) is 6.92 Å². The minimum Gasteiger partial charge on any atom is -0.494 e. The third kappa shape index (κ3) is 3.62. The van der Waals surface area contributed by atoms with Crippen molar-refractivity contribution in [3.8, 4) is 5.75 Å². The van der Waals surface area contributed by atoms with E-state index in [9.17, 15) is 14.0 Å². The van der Waals surface area contributed by atoms with E-state index in [2.05, 4.69) is 5.32 Å². The Bertz CT molecular complexity index is 892. The molecule has 0 aromatic heterocycles. The molecule has 1 heterocycles. The lowest BCUT2D eigenvalue weighted by atomic mass is 10.1. The summed E-state index contributed by atoms with van der Waals surface area (Å²) in [6.45, 7) is 2.40. The lowest BCUT2D eigenvalue weighted by Crippen LogP contribution is -2.54. The Hall–Kier alpha value is -3.06. The molecular formula is C19H15FN2O3S. The molecular weight excluding hydrogens is 355 g/mol. The number of hydrogen-bond acceptors (Lipinski definition) is 4. The van der Waals surface area contributed by atoms with Crippen molar-refractivity contribution in [1.82, 2.24) is 5.32 Å². The second-order valence-corrected chi connectivity index (χ2v) is 5.82. The van der Waals surface area contributed by atoms with Crippen LogP contribution in [0.15, 0.2) is 54.1 Å². The van der Waals surface area contributed by atoms with Gasteiger partial charge in [0.15, 0.2) is 5.11 Å². The van der Waals surface area contributed by atoms with Crippen LogP contribution in [0.4, 0.5) is 10.1 Å². The van der Waals surface area contributed by atoms with Gasteiger partial charge in [-0.05, 0) is 67.2 Å². The molecule has 1 fully saturated rings. The summed E-state index contributed by atoms with van der Waals surface area (Å²) in [5, 5.41) is 2.50. The van der Waals surface area contributed by atoms with Crippen molar-refractivity contribution in [1.29, 1.82) is 0 Å². The van der Waals surface area contributed by atoms with Crippen LogP contribution in [0.25, 0.3) is 6.08 Å². The molecule has 2 aromatic carbocycles. The van der Waals surface area contributed by atoms with Gasteiger partial charge in [0.1, 0.15) is 17.1 Å². The number of carbonyl (C=O) groups excluding carboxylic acids is 2. The first-order valence-electron chi connectivity index (χ1n) is 7.89. The number of nitrogens with one attached hydrogen (secondary N) is 1. The number of anilines is 1. The number of thiocarbonyl (C=S) groups is 1. The Kier molecular flexibility index (Phi) is 5.09. The maximum absolute atomic E-state index is 13.0. The maximum atomic E-state index is 13.0. The van der Waals surface area contributed by atoms with E-state index in [0.717, 1.165) is 0 Å². The van der Waals surface area contributed by atoms with Gasteiger partial charge < -0.3 is 4.74 Å². The minimum atomic E-state index is -0.591. The van der Waals surface area contributed by atoms with Crippen LogP contribution in [0.3, 0.4) is 0 Å². The number of amides is 2. The molecule has 0 bridgehead atoms. The molecule has 1 N–H and O–H groups in total. The Morgan fingerprint density at radius 3 is 2.38 bits per heavy atom. The summed E-state index contributed by atoms with van der Waals surface area (Å²) >= 11 is 5.15. The summed E-state index contributed by atoms with van der Waals surface area (Å²) in [6, 6.07) is 12.3. The van der Waals surface area contributed by atoms with E-state index in [1.807, 2.05) is 6.92 Å². The van der Waals surface area contributed by atoms with Crippen molar-refractivity contribution in [3.63, 3.8) is 0 Å². The molecule has 7 heteroatoms. The van der Waals surface area contributed by atoms with Crippen LogP contribution in [-0.4, -0.2) is 23.5 Å². The lowest BCUT2D eigenvalue weighted by Gasteiger charge is -2.29. The monoisotopic (exact) mass is 370 g/mol. The number of rotatable bonds is 4. The number of halogens is 1. The average Bonchev–Trinajstić information content (AvgIpc) is 2.62. The molecule has 132 valence electrons. The van der Waals surface area contributed by atoms with Crippen LogP contribution in [0.5, 0.6) is 5.75 Å². The Labute approximate surface area is 155 Å². The van der Waals surface area contributed by atoms with E-state index in [4.69, 9.17) is 17.0 Å². The van der Waals surface area contributed by atoms with Crippen molar-refractivity contribution in [3.05, 3.63) is 65.5 Å². The zero-order chi connectivity index (χ0) is 18.7. The molecule has 0 saturated carbocycles. The normalized spacial score (nSPS) is 16.0.